The van der Waals surface area contributed by atoms with Crippen LogP contribution in [-0.2, 0) is 4.79 Å². The van der Waals surface area contributed by atoms with Crippen molar-refractivity contribution in [3.63, 3.8) is 0 Å². The summed E-state index contributed by atoms with van der Waals surface area (Å²) >= 11 is 0. The van der Waals surface area contributed by atoms with E-state index in [1.54, 1.807) is 7.05 Å². The SMILES string of the molecule is CCCN(C)CCC(NC)C(=O)O. The Labute approximate surface area is 79.9 Å². The molecule has 2 N–H and O–H groups in total. The Hall–Kier alpha value is -0.610. The maximum absolute atomic E-state index is 10.6. The number of likely N-dealkylation sites (N-methyl/N-ethyl adjacent to an activating group) is 1. The molecule has 0 bridgehead atoms. The lowest BCUT2D eigenvalue weighted by molar-refractivity contribution is -0.139. The summed E-state index contributed by atoms with van der Waals surface area (Å²) in [6.07, 6.45) is 1.76. The summed E-state index contributed by atoms with van der Waals surface area (Å²) in [5, 5.41) is 11.5. The van der Waals surface area contributed by atoms with Crippen LogP contribution in [0.3, 0.4) is 0 Å². The van der Waals surface area contributed by atoms with Gasteiger partial charge in [0.05, 0.1) is 0 Å². The van der Waals surface area contributed by atoms with Gasteiger partial charge in [-0.15, -0.1) is 0 Å². The van der Waals surface area contributed by atoms with Crippen LogP contribution >= 0.6 is 0 Å². The van der Waals surface area contributed by atoms with Crippen molar-refractivity contribution in [2.45, 2.75) is 25.8 Å². The van der Waals surface area contributed by atoms with Crippen LogP contribution in [0.5, 0.6) is 0 Å². The first-order chi connectivity index (χ1) is 6.11. The van der Waals surface area contributed by atoms with Crippen LogP contribution in [0, 0.1) is 0 Å². The van der Waals surface area contributed by atoms with Gasteiger partial charge in [0.25, 0.3) is 0 Å². The third-order valence-electron chi connectivity index (χ3n) is 2.05. The first-order valence-electron chi connectivity index (χ1n) is 4.70. The molecule has 0 aromatic carbocycles. The lowest BCUT2D eigenvalue weighted by atomic mass is 10.2. The van der Waals surface area contributed by atoms with E-state index in [2.05, 4.69) is 17.1 Å². The van der Waals surface area contributed by atoms with Crippen LogP contribution in [-0.4, -0.2) is 49.2 Å². The van der Waals surface area contributed by atoms with Gasteiger partial charge in [0, 0.05) is 0 Å². The van der Waals surface area contributed by atoms with Crippen LogP contribution in [0.15, 0.2) is 0 Å². The number of nitrogens with zero attached hydrogens (tertiary/aromatic N) is 1. The van der Waals surface area contributed by atoms with E-state index >= 15 is 0 Å². The topological polar surface area (TPSA) is 52.6 Å². The van der Waals surface area contributed by atoms with Gasteiger partial charge < -0.3 is 15.3 Å². The molecule has 0 amide bonds. The number of hydrogen-bond acceptors (Lipinski definition) is 3. The second-order valence-corrected chi connectivity index (χ2v) is 3.27. The first-order valence-corrected chi connectivity index (χ1v) is 4.70. The monoisotopic (exact) mass is 188 g/mol. The van der Waals surface area contributed by atoms with Crippen LogP contribution in [0.25, 0.3) is 0 Å². The number of rotatable bonds is 7. The molecule has 0 fully saturated rings. The van der Waals surface area contributed by atoms with Crippen molar-refractivity contribution in [2.24, 2.45) is 0 Å². The molecule has 0 aromatic heterocycles. The molecule has 0 aliphatic heterocycles. The van der Waals surface area contributed by atoms with E-state index in [-0.39, 0.29) is 0 Å². The highest BCUT2D eigenvalue weighted by atomic mass is 16.4. The van der Waals surface area contributed by atoms with E-state index in [0.29, 0.717) is 6.42 Å². The molecular formula is C9H20N2O2. The van der Waals surface area contributed by atoms with Crippen molar-refractivity contribution < 1.29 is 9.90 Å². The van der Waals surface area contributed by atoms with Gasteiger partial charge in [-0.2, -0.15) is 0 Å². The maximum atomic E-state index is 10.6. The number of carboxylic acids is 1. The van der Waals surface area contributed by atoms with E-state index < -0.39 is 12.0 Å². The van der Waals surface area contributed by atoms with E-state index in [4.69, 9.17) is 5.11 Å². The Morgan fingerprint density at radius 1 is 1.54 bits per heavy atom. The fourth-order valence-corrected chi connectivity index (χ4v) is 1.23. The van der Waals surface area contributed by atoms with E-state index in [1.165, 1.54) is 0 Å². The summed E-state index contributed by atoms with van der Waals surface area (Å²) in [7, 11) is 3.69. The average molecular weight is 188 g/mol. The molecule has 1 unspecified atom stereocenters. The summed E-state index contributed by atoms with van der Waals surface area (Å²) in [6, 6.07) is -0.417. The van der Waals surface area contributed by atoms with Crippen LogP contribution < -0.4 is 5.32 Å². The number of aliphatic carboxylic acids is 1. The molecule has 0 aromatic rings. The maximum Gasteiger partial charge on any atom is 0.320 e. The first kappa shape index (κ1) is 12.4. The summed E-state index contributed by atoms with van der Waals surface area (Å²) in [5.41, 5.74) is 0. The summed E-state index contributed by atoms with van der Waals surface area (Å²) < 4.78 is 0. The van der Waals surface area contributed by atoms with Gasteiger partial charge in [-0.1, -0.05) is 6.92 Å². The average Bonchev–Trinajstić information content (AvgIpc) is 2.05. The Morgan fingerprint density at radius 3 is 2.54 bits per heavy atom. The van der Waals surface area contributed by atoms with Crippen LogP contribution in [0.1, 0.15) is 19.8 Å². The number of carbonyl (C=O) groups is 1. The van der Waals surface area contributed by atoms with Crippen molar-refractivity contribution >= 4 is 5.97 Å². The van der Waals surface area contributed by atoms with Gasteiger partial charge in [0.15, 0.2) is 0 Å². The lowest BCUT2D eigenvalue weighted by Crippen LogP contribution is -2.37. The van der Waals surface area contributed by atoms with Gasteiger partial charge in [-0.25, -0.2) is 0 Å². The van der Waals surface area contributed by atoms with E-state index in [0.717, 1.165) is 19.5 Å². The minimum atomic E-state index is -0.771. The molecule has 0 aliphatic carbocycles. The highest BCUT2D eigenvalue weighted by Crippen LogP contribution is 1.95. The Balaban J connectivity index is 3.65. The molecule has 1 atom stereocenters. The second kappa shape index (κ2) is 6.86. The summed E-state index contributed by atoms with van der Waals surface area (Å²) in [4.78, 5) is 12.8. The molecule has 13 heavy (non-hydrogen) atoms. The van der Waals surface area contributed by atoms with Crippen molar-refractivity contribution in [3.8, 4) is 0 Å². The van der Waals surface area contributed by atoms with E-state index in [1.807, 2.05) is 7.05 Å². The molecule has 78 valence electrons. The standard InChI is InChI=1S/C9H20N2O2/c1-4-6-11(3)7-5-8(10-2)9(12)13/h8,10H,4-7H2,1-3H3,(H,12,13). The molecule has 0 radical (unpaired) electrons. The van der Waals surface area contributed by atoms with Crippen molar-refractivity contribution in [1.82, 2.24) is 10.2 Å². The van der Waals surface area contributed by atoms with Crippen molar-refractivity contribution in [1.29, 1.82) is 0 Å². The number of carboxylic acid groups (broad SMARTS) is 1. The predicted octanol–water partition coefficient (Wildman–Crippen LogP) is 0.391. The van der Waals surface area contributed by atoms with Crippen LogP contribution in [0.2, 0.25) is 0 Å². The molecule has 0 rings (SSSR count). The largest absolute Gasteiger partial charge is 0.480 e. The lowest BCUT2D eigenvalue weighted by Gasteiger charge is -2.18. The Bertz CT molecular complexity index is 151. The van der Waals surface area contributed by atoms with Crippen molar-refractivity contribution in [2.75, 3.05) is 27.2 Å². The molecule has 0 aliphatic rings. The number of nitrogens with one attached hydrogen (secondary N) is 1. The summed E-state index contributed by atoms with van der Waals surface area (Å²) in [5.74, 6) is -0.771. The quantitative estimate of drug-likeness (QED) is 0.607. The highest BCUT2D eigenvalue weighted by molar-refractivity contribution is 5.73. The normalized spacial score (nSPS) is 13.2. The van der Waals surface area contributed by atoms with Crippen LogP contribution in [0.4, 0.5) is 0 Å². The Morgan fingerprint density at radius 2 is 2.15 bits per heavy atom. The Kier molecular flexibility index (Phi) is 6.54. The molecule has 0 heterocycles. The van der Waals surface area contributed by atoms with Crippen molar-refractivity contribution in [3.05, 3.63) is 0 Å². The fourth-order valence-electron chi connectivity index (χ4n) is 1.23. The molecule has 4 heteroatoms. The zero-order chi connectivity index (χ0) is 10.3. The van der Waals surface area contributed by atoms with Gasteiger partial charge in [0.1, 0.15) is 6.04 Å². The second-order valence-electron chi connectivity index (χ2n) is 3.27. The highest BCUT2D eigenvalue weighted by Gasteiger charge is 2.14. The fraction of sp³-hybridized carbons (Fsp3) is 0.889. The van der Waals surface area contributed by atoms with E-state index in [9.17, 15) is 4.79 Å². The van der Waals surface area contributed by atoms with Gasteiger partial charge in [-0.05, 0) is 40.0 Å². The molecule has 0 saturated heterocycles. The van der Waals surface area contributed by atoms with Gasteiger partial charge in [0.2, 0.25) is 0 Å². The molecule has 4 nitrogen and oxygen atoms in total. The predicted molar refractivity (Wildman–Crippen MR) is 52.9 cm³/mol. The summed E-state index contributed by atoms with van der Waals surface area (Å²) in [6.45, 7) is 3.96. The third-order valence-corrected chi connectivity index (χ3v) is 2.05. The van der Waals surface area contributed by atoms with Gasteiger partial charge >= 0.3 is 5.97 Å². The molecule has 0 spiro atoms. The zero-order valence-electron chi connectivity index (χ0n) is 8.71. The minimum absolute atomic E-state index is 0.417. The zero-order valence-corrected chi connectivity index (χ0v) is 8.71. The molecular weight excluding hydrogens is 168 g/mol. The molecule has 0 saturated carbocycles. The smallest absolute Gasteiger partial charge is 0.320 e. The minimum Gasteiger partial charge on any atom is -0.480 e. The number of hydrogen-bond donors (Lipinski definition) is 2. The third kappa shape index (κ3) is 5.60. The van der Waals surface area contributed by atoms with Gasteiger partial charge in [-0.3, -0.25) is 4.79 Å².